The largest absolute Gasteiger partial charge is 0.354 e. The van der Waals surface area contributed by atoms with Crippen molar-refractivity contribution in [3.63, 3.8) is 0 Å². The lowest BCUT2D eigenvalue weighted by Gasteiger charge is -2.24. The van der Waals surface area contributed by atoms with Crippen LogP contribution in [-0.4, -0.2) is 37.5 Å². The van der Waals surface area contributed by atoms with Gasteiger partial charge in [-0.2, -0.15) is 0 Å². The fraction of sp³-hybridized carbons (Fsp3) is 0.500. The average molecular weight is 279 g/mol. The summed E-state index contributed by atoms with van der Waals surface area (Å²) in [6.45, 7) is 0.631. The Kier molecular flexibility index (Phi) is 4.74. The summed E-state index contributed by atoms with van der Waals surface area (Å²) >= 11 is 1.72. The molecular weight excluding hydrogens is 258 g/mol. The normalized spacial score (nSPS) is 23.8. The molecule has 2 rings (SSSR count). The van der Waals surface area contributed by atoms with E-state index < -0.39 is 0 Å². The van der Waals surface area contributed by atoms with Crippen LogP contribution in [0.3, 0.4) is 0 Å². The maximum atomic E-state index is 12.1. The fourth-order valence-electron chi connectivity index (χ4n) is 2.27. The van der Waals surface area contributed by atoms with Crippen LogP contribution < -0.4 is 11.1 Å². The summed E-state index contributed by atoms with van der Waals surface area (Å²) in [4.78, 5) is 15.4. The zero-order valence-electron chi connectivity index (χ0n) is 11.4. The molecular formula is C14H21N3OS. The van der Waals surface area contributed by atoms with E-state index in [2.05, 4.69) is 21.7 Å². The third-order valence-corrected chi connectivity index (χ3v) is 4.39. The van der Waals surface area contributed by atoms with Crippen molar-refractivity contribution in [1.82, 2.24) is 10.2 Å². The molecule has 0 aliphatic heterocycles. The summed E-state index contributed by atoms with van der Waals surface area (Å²) in [5.41, 5.74) is 5.77. The van der Waals surface area contributed by atoms with Crippen LogP contribution in [0.1, 0.15) is 17.3 Å². The highest BCUT2D eigenvalue weighted by molar-refractivity contribution is 7.10. The van der Waals surface area contributed by atoms with Gasteiger partial charge < -0.3 is 16.0 Å². The second-order valence-electron chi connectivity index (χ2n) is 5.13. The highest BCUT2D eigenvalue weighted by Gasteiger charge is 2.24. The number of amides is 1. The van der Waals surface area contributed by atoms with E-state index in [1.165, 1.54) is 4.88 Å². The van der Waals surface area contributed by atoms with Gasteiger partial charge in [-0.15, -0.1) is 11.3 Å². The topological polar surface area (TPSA) is 58.4 Å². The van der Waals surface area contributed by atoms with Crippen LogP contribution in [0.2, 0.25) is 0 Å². The number of carbonyl (C=O) groups is 1. The first-order valence-electron chi connectivity index (χ1n) is 6.49. The number of carbonyl (C=O) groups excluding carboxylic acids is 1. The Balaban J connectivity index is 1.89. The van der Waals surface area contributed by atoms with Crippen LogP contribution in [0.25, 0.3) is 0 Å². The molecule has 0 saturated heterocycles. The van der Waals surface area contributed by atoms with Crippen LogP contribution >= 0.6 is 11.3 Å². The number of thiophene rings is 1. The molecule has 1 aliphatic rings. The van der Waals surface area contributed by atoms with Crippen LogP contribution in [0, 0.1) is 5.92 Å². The zero-order chi connectivity index (χ0) is 13.8. The summed E-state index contributed by atoms with van der Waals surface area (Å²) in [5.74, 6) is 0.00811. The molecule has 0 fully saturated rings. The average Bonchev–Trinajstić information content (AvgIpc) is 3.00. The number of likely N-dealkylation sites (N-methyl/N-ethyl adjacent to an activating group) is 1. The van der Waals surface area contributed by atoms with E-state index in [1.54, 1.807) is 11.3 Å². The third kappa shape index (κ3) is 3.65. The number of nitrogens with two attached hydrogens (primary N) is 1. The molecule has 0 bridgehead atoms. The maximum absolute atomic E-state index is 12.1. The standard InChI is InChI=1S/C14H21N3OS/c1-17(2)12(13-4-3-7-19-13)9-16-14(18)10-5-6-11(15)8-10/h3-7,10-12H,8-9,15H2,1-2H3,(H,16,18). The number of hydrogen-bond acceptors (Lipinski definition) is 4. The van der Waals surface area contributed by atoms with Crippen molar-refractivity contribution in [2.24, 2.45) is 11.7 Å². The van der Waals surface area contributed by atoms with E-state index >= 15 is 0 Å². The van der Waals surface area contributed by atoms with Crippen LogP contribution in [0.5, 0.6) is 0 Å². The fourth-order valence-corrected chi connectivity index (χ4v) is 3.19. The predicted octanol–water partition coefficient (Wildman–Crippen LogP) is 1.37. The van der Waals surface area contributed by atoms with E-state index in [4.69, 9.17) is 5.73 Å². The Bertz CT molecular complexity index is 442. The van der Waals surface area contributed by atoms with Crippen molar-refractivity contribution in [1.29, 1.82) is 0 Å². The Morgan fingerprint density at radius 3 is 2.89 bits per heavy atom. The van der Waals surface area contributed by atoms with Crippen LogP contribution in [0.15, 0.2) is 29.7 Å². The van der Waals surface area contributed by atoms with Gasteiger partial charge in [-0.25, -0.2) is 0 Å². The lowest BCUT2D eigenvalue weighted by Crippen LogP contribution is -2.37. The minimum Gasteiger partial charge on any atom is -0.354 e. The summed E-state index contributed by atoms with van der Waals surface area (Å²) in [5, 5.41) is 5.10. The van der Waals surface area contributed by atoms with E-state index in [1.807, 2.05) is 32.3 Å². The molecule has 0 aromatic carbocycles. The summed E-state index contributed by atoms with van der Waals surface area (Å²) in [7, 11) is 4.06. The molecule has 0 spiro atoms. The van der Waals surface area contributed by atoms with Crippen LogP contribution in [0.4, 0.5) is 0 Å². The second-order valence-corrected chi connectivity index (χ2v) is 6.11. The molecule has 0 radical (unpaired) electrons. The molecule has 1 heterocycles. The SMILES string of the molecule is CN(C)C(CNC(=O)C1C=CC(N)C1)c1cccs1. The molecule has 1 aromatic rings. The molecule has 3 unspecified atom stereocenters. The summed E-state index contributed by atoms with van der Waals surface area (Å²) in [6, 6.07) is 4.39. The van der Waals surface area contributed by atoms with Gasteiger partial charge in [-0.3, -0.25) is 4.79 Å². The maximum Gasteiger partial charge on any atom is 0.227 e. The minimum atomic E-state index is -0.0684. The highest BCUT2D eigenvalue weighted by atomic mass is 32.1. The minimum absolute atomic E-state index is 0.0256. The van der Waals surface area contributed by atoms with Gasteiger partial charge >= 0.3 is 0 Å². The third-order valence-electron chi connectivity index (χ3n) is 3.42. The smallest absolute Gasteiger partial charge is 0.227 e. The second kappa shape index (κ2) is 6.32. The molecule has 4 nitrogen and oxygen atoms in total. The summed E-state index contributed by atoms with van der Waals surface area (Å²) in [6.07, 6.45) is 4.54. The number of nitrogens with zero attached hydrogens (tertiary/aromatic N) is 1. The van der Waals surface area contributed by atoms with Gasteiger partial charge in [0.1, 0.15) is 0 Å². The van der Waals surface area contributed by atoms with Crippen molar-refractivity contribution >= 4 is 17.2 Å². The molecule has 3 atom stereocenters. The molecule has 1 aliphatic carbocycles. The molecule has 1 amide bonds. The highest BCUT2D eigenvalue weighted by Crippen LogP contribution is 2.23. The predicted molar refractivity (Wildman–Crippen MR) is 79.0 cm³/mol. The van der Waals surface area contributed by atoms with Gasteiger partial charge in [0.15, 0.2) is 0 Å². The van der Waals surface area contributed by atoms with E-state index in [-0.39, 0.29) is 23.9 Å². The van der Waals surface area contributed by atoms with Crippen molar-refractivity contribution in [3.8, 4) is 0 Å². The van der Waals surface area contributed by atoms with Gasteiger partial charge in [0, 0.05) is 17.5 Å². The first-order chi connectivity index (χ1) is 9.08. The van der Waals surface area contributed by atoms with E-state index in [0.29, 0.717) is 6.54 Å². The number of hydrogen-bond donors (Lipinski definition) is 2. The van der Waals surface area contributed by atoms with Crippen molar-refractivity contribution in [2.45, 2.75) is 18.5 Å². The van der Waals surface area contributed by atoms with Crippen molar-refractivity contribution < 1.29 is 4.79 Å². The van der Waals surface area contributed by atoms with Gasteiger partial charge in [0.25, 0.3) is 0 Å². The lowest BCUT2D eigenvalue weighted by atomic mass is 10.1. The monoisotopic (exact) mass is 279 g/mol. The Morgan fingerprint density at radius 2 is 2.37 bits per heavy atom. The quantitative estimate of drug-likeness (QED) is 0.800. The van der Waals surface area contributed by atoms with E-state index in [9.17, 15) is 4.79 Å². The first-order valence-corrected chi connectivity index (χ1v) is 7.37. The van der Waals surface area contributed by atoms with Crippen molar-refractivity contribution in [3.05, 3.63) is 34.5 Å². The number of rotatable bonds is 5. The molecule has 104 valence electrons. The lowest BCUT2D eigenvalue weighted by molar-refractivity contribution is -0.123. The Hall–Kier alpha value is -1.17. The van der Waals surface area contributed by atoms with Crippen molar-refractivity contribution in [2.75, 3.05) is 20.6 Å². The molecule has 1 aromatic heterocycles. The van der Waals surface area contributed by atoms with Gasteiger partial charge in [0.05, 0.1) is 12.0 Å². The van der Waals surface area contributed by atoms with Gasteiger partial charge in [0.2, 0.25) is 5.91 Å². The zero-order valence-corrected chi connectivity index (χ0v) is 12.2. The van der Waals surface area contributed by atoms with Gasteiger partial charge in [-0.1, -0.05) is 18.2 Å². The van der Waals surface area contributed by atoms with Crippen LogP contribution in [-0.2, 0) is 4.79 Å². The molecule has 3 N–H and O–H groups in total. The Morgan fingerprint density at radius 1 is 1.58 bits per heavy atom. The molecule has 19 heavy (non-hydrogen) atoms. The van der Waals surface area contributed by atoms with E-state index in [0.717, 1.165) is 6.42 Å². The summed E-state index contributed by atoms with van der Waals surface area (Å²) < 4.78 is 0. The molecule has 5 heteroatoms. The Labute approximate surface area is 118 Å². The van der Waals surface area contributed by atoms with Gasteiger partial charge in [-0.05, 0) is 32.0 Å². The number of nitrogens with one attached hydrogen (secondary N) is 1. The first kappa shape index (κ1) is 14.2. The molecule has 0 saturated carbocycles.